The summed E-state index contributed by atoms with van der Waals surface area (Å²) in [6.07, 6.45) is -0.915. The van der Waals surface area contributed by atoms with E-state index in [0.717, 1.165) is 0 Å². The predicted molar refractivity (Wildman–Crippen MR) is 119 cm³/mol. The van der Waals surface area contributed by atoms with Crippen molar-refractivity contribution in [2.45, 2.75) is 64.1 Å². The molecule has 0 unspecified atom stereocenters. The number of nitrogens with two attached hydrogens (primary N) is 1. The fourth-order valence-electron chi connectivity index (χ4n) is 2.66. The highest BCUT2D eigenvalue weighted by molar-refractivity contribution is 5.93. The van der Waals surface area contributed by atoms with Crippen LogP contribution in [0.3, 0.4) is 0 Å². The zero-order valence-corrected chi connectivity index (χ0v) is 19.5. The fourth-order valence-corrected chi connectivity index (χ4v) is 2.66. The summed E-state index contributed by atoms with van der Waals surface area (Å²) in [6, 6.07) is -3.75. The number of hydrogen-bond acceptors (Lipinski definition) is 8. The molecule has 0 rings (SSSR count). The second kappa shape index (κ2) is 16.0. The molecule has 0 aliphatic rings. The van der Waals surface area contributed by atoms with Gasteiger partial charge < -0.3 is 42.3 Å². The molecular weight excluding hydrogens is 470 g/mol. The van der Waals surface area contributed by atoms with Gasteiger partial charge in [-0.1, -0.05) is 20.3 Å². The third-order valence-electron chi connectivity index (χ3n) is 4.95. The molecule has 4 amide bonds. The third kappa shape index (κ3) is 13.5. The second-order valence-electron chi connectivity index (χ2n) is 7.80. The molecule has 0 saturated heterocycles. The Bertz CT molecular complexity index is 803. The predicted octanol–water partition coefficient (Wildman–Crippen LogP) is -2.62. The molecule has 0 aromatic carbocycles. The Morgan fingerprint density at radius 1 is 0.771 bits per heavy atom. The Kier molecular flexibility index (Phi) is 14.3. The molecule has 0 heterocycles. The smallest absolute Gasteiger partial charge is 0.326 e. The van der Waals surface area contributed by atoms with E-state index in [0.29, 0.717) is 6.42 Å². The number of carbonyl (C=O) groups excluding carboxylic acids is 4. The summed E-state index contributed by atoms with van der Waals surface area (Å²) in [4.78, 5) is 81.1. The van der Waals surface area contributed by atoms with Crippen LogP contribution in [0.25, 0.3) is 0 Å². The number of carboxylic acid groups (broad SMARTS) is 3. The van der Waals surface area contributed by atoms with E-state index in [2.05, 4.69) is 21.3 Å². The van der Waals surface area contributed by atoms with Gasteiger partial charge in [-0.05, 0) is 18.8 Å². The van der Waals surface area contributed by atoms with Crippen LogP contribution in [0.5, 0.6) is 0 Å². The van der Waals surface area contributed by atoms with Crippen LogP contribution < -0.4 is 27.0 Å². The fraction of sp³-hybridized carbons (Fsp3) is 0.650. The first kappa shape index (κ1) is 31.2. The number of carbonyl (C=O) groups is 7. The average molecular weight is 504 g/mol. The Balaban J connectivity index is 4.79. The quantitative estimate of drug-likeness (QED) is 0.102. The van der Waals surface area contributed by atoms with Gasteiger partial charge >= 0.3 is 17.9 Å². The normalized spacial score (nSPS) is 13.9. The van der Waals surface area contributed by atoms with Crippen molar-refractivity contribution in [2.24, 2.45) is 11.7 Å². The van der Waals surface area contributed by atoms with Gasteiger partial charge in [0.25, 0.3) is 0 Å². The molecule has 0 aromatic heterocycles. The zero-order valence-electron chi connectivity index (χ0n) is 19.5. The van der Waals surface area contributed by atoms with Gasteiger partial charge in [-0.2, -0.15) is 0 Å². The average Bonchev–Trinajstić information content (AvgIpc) is 2.79. The molecule has 15 heteroatoms. The lowest BCUT2D eigenvalue weighted by molar-refractivity contribution is -0.143. The van der Waals surface area contributed by atoms with Gasteiger partial charge in [0.2, 0.25) is 23.6 Å². The maximum Gasteiger partial charge on any atom is 0.326 e. The summed E-state index contributed by atoms with van der Waals surface area (Å²) >= 11 is 0. The Labute approximate surface area is 201 Å². The van der Waals surface area contributed by atoms with Gasteiger partial charge in [-0.3, -0.25) is 28.8 Å². The van der Waals surface area contributed by atoms with Crippen molar-refractivity contribution < 1.29 is 48.9 Å². The summed E-state index contributed by atoms with van der Waals surface area (Å²) in [6.45, 7) is 2.23. The van der Waals surface area contributed by atoms with Crippen molar-refractivity contribution in [1.82, 2.24) is 21.3 Å². The number of amides is 4. The summed E-state index contributed by atoms with van der Waals surface area (Å²) in [5, 5.41) is 35.6. The number of hydrogen-bond donors (Lipinski definition) is 8. The SMILES string of the molecule is CC[C@H](C)[C@H](NC(=O)CNC(=O)CNC(=O)[C@H](CCC(=O)O)NC(=O)[C@@H](N)CCC(=O)O)C(=O)O. The van der Waals surface area contributed by atoms with E-state index < -0.39 is 79.2 Å². The van der Waals surface area contributed by atoms with E-state index in [9.17, 15) is 38.7 Å². The molecule has 0 aliphatic heterocycles. The van der Waals surface area contributed by atoms with Crippen LogP contribution >= 0.6 is 0 Å². The molecule has 0 saturated carbocycles. The van der Waals surface area contributed by atoms with Crippen LogP contribution in [0.4, 0.5) is 0 Å². The van der Waals surface area contributed by atoms with Crippen LogP contribution in [-0.4, -0.2) is 88.1 Å². The number of carboxylic acids is 3. The lowest BCUT2D eigenvalue weighted by atomic mass is 9.99. The third-order valence-corrected chi connectivity index (χ3v) is 4.95. The number of aliphatic carboxylic acids is 3. The first-order valence-corrected chi connectivity index (χ1v) is 10.8. The highest BCUT2D eigenvalue weighted by Gasteiger charge is 2.26. The molecule has 0 bridgehead atoms. The van der Waals surface area contributed by atoms with Crippen LogP contribution in [0.1, 0.15) is 46.0 Å². The van der Waals surface area contributed by atoms with E-state index in [1.807, 2.05) is 0 Å². The molecule has 15 nitrogen and oxygen atoms in total. The first-order valence-electron chi connectivity index (χ1n) is 10.8. The molecule has 35 heavy (non-hydrogen) atoms. The lowest BCUT2D eigenvalue weighted by Crippen LogP contribution is -2.53. The van der Waals surface area contributed by atoms with Crippen molar-refractivity contribution in [3.8, 4) is 0 Å². The van der Waals surface area contributed by atoms with Crippen molar-refractivity contribution in [3.63, 3.8) is 0 Å². The van der Waals surface area contributed by atoms with E-state index in [-0.39, 0.29) is 25.2 Å². The lowest BCUT2D eigenvalue weighted by Gasteiger charge is -2.21. The highest BCUT2D eigenvalue weighted by atomic mass is 16.4. The topological polar surface area (TPSA) is 254 Å². The Morgan fingerprint density at radius 2 is 1.31 bits per heavy atom. The Morgan fingerprint density at radius 3 is 1.83 bits per heavy atom. The van der Waals surface area contributed by atoms with E-state index in [4.69, 9.17) is 15.9 Å². The van der Waals surface area contributed by atoms with Crippen molar-refractivity contribution in [2.75, 3.05) is 13.1 Å². The second-order valence-corrected chi connectivity index (χ2v) is 7.80. The van der Waals surface area contributed by atoms with Gasteiger partial charge in [0, 0.05) is 12.8 Å². The van der Waals surface area contributed by atoms with E-state index >= 15 is 0 Å². The molecular formula is C20H33N5O10. The molecule has 0 spiro atoms. The summed E-state index contributed by atoms with van der Waals surface area (Å²) in [5.74, 6) is -7.30. The van der Waals surface area contributed by atoms with Crippen LogP contribution in [0.15, 0.2) is 0 Å². The van der Waals surface area contributed by atoms with Crippen molar-refractivity contribution in [3.05, 3.63) is 0 Å². The van der Waals surface area contributed by atoms with Gasteiger partial charge in [0.1, 0.15) is 12.1 Å². The van der Waals surface area contributed by atoms with E-state index in [1.54, 1.807) is 13.8 Å². The van der Waals surface area contributed by atoms with Gasteiger partial charge in [-0.25, -0.2) is 4.79 Å². The largest absolute Gasteiger partial charge is 0.481 e. The minimum Gasteiger partial charge on any atom is -0.481 e. The van der Waals surface area contributed by atoms with Crippen LogP contribution in [-0.2, 0) is 33.6 Å². The van der Waals surface area contributed by atoms with E-state index in [1.165, 1.54) is 0 Å². The highest BCUT2D eigenvalue weighted by Crippen LogP contribution is 2.07. The molecule has 0 fully saturated rings. The van der Waals surface area contributed by atoms with Crippen LogP contribution in [0, 0.1) is 5.92 Å². The minimum absolute atomic E-state index is 0.210. The van der Waals surface area contributed by atoms with Crippen molar-refractivity contribution >= 4 is 41.5 Å². The minimum atomic E-state index is -1.36. The zero-order chi connectivity index (χ0) is 27.1. The molecule has 4 atom stereocenters. The summed E-state index contributed by atoms with van der Waals surface area (Å²) < 4.78 is 0. The summed E-state index contributed by atoms with van der Waals surface area (Å²) in [5.41, 5.74) is 5.58. The maximum absolute atomic E-state index is 12.4. The monoisotopic (exact) mass is 503 g/mol. The molecule has 198 valence electrons. The Hall–Kier alpha value is -3.75. The van der Waals surface area contributed by atoms with Crippen LogP contribution in [0.2, 0.25) is 0 Å². The number of rotatable bonds is 17. The van der Waals surface area contributed by atoms with Gasteiger partial charge in [-0.15, -0.1) is 0 Å². The molecule has 0 aromatic rings. The van der Waals surface area contributed by atoms with Gasteiger partial charge in [0.15, 0.2) is 0 Å². The molecule has 0 radical (unpaired) electrons. The van der Waals surface area contributed by atoms with Gasteiger partial charge in [0.05, 0.1) is 19.1 Å². The first-order chi connectivity index (χ1) is 16.3. The molecule has 0 aliphatic carbocycles. The molecule has 9 N–H and O–H groups in total. The summed E-state index contributed by atoms with van der Waals surface area (Å²) in [7, 11) is 0. The maximum atomic E-state index is 12.4. The van der Waals surface area contributed by atoms with Crippen molar-refractivity contribution in [1.29, 1.82) is 0 Å². The standard InChI is InChI=1S/C20H33N5O10/c1-3-10(2)17(20(34)35)25-14(27)9-22-13(26)8-23-19(33)12(5-7-16(30)31)24-18(32)11(21)4-6-15(28)29/h10-12,17H,3-9,21H2,1-2H3,(H,22,26)(H,23,33)(H,24,32)(H,25,27)(H,28,29)(H,30,31)(H,34,35)/t10-,11-,12-,17-/m0/s1. The number of nitrogens with one attached hydrogen (secondary N) is 4.